The van der Waals surface area contributed by atoms with Crippen LogP contribution in [0.4, 0.5) is 24.0 Å². The van der Waals surface area contributed by atoms with Gasteiger partial charge in [0.1, 0.15) is 28.3 Å². The molecule has 36 radical (unpaired) electrons. The number of ketones is 1. The second-order valence-corrected chi connectivity index (χ2v) is 37.2. The summed E-state index contributed by atoms with van der Waals surface area (Å²) in [6.07, 6.45) is -14.1. The number of nitrogens with zero attached hydrogens (tertiary/aromatic N) is 5. The van der Waals surface area contributed by atoms with Gasteiger partial charge in [-0.15, -0.1) is 0 Å². The van der Waals surface area contributed by atoms with Gasteiger partial charge in [-0.05, 0) is 126 Å². The Labute approximate surface area is 854 Å². The predicted molar refractivity (Wildman–Crippen MR) is 590 cm³/mol. The van der Waals surface area contributed by atoms with Crippen LogP contribution in [0.25, 0.3) is 0 Å². The molecule has 4 aromatic carbocycles. The lowest BCUT2D eigenvalue weighted by Crippen LogP contribution is -2.89. The van der Waals surface area contributed by atoms with Crippen molar-refractivity contribution in [1.82, 2.24) is 39.8 Å². The predicted octanol–water partition coefficient (Wildman–Crippen LogP) is -0.134. The second-order valence-electron chi connectivity index (χ2n) is 37.2. The summed E-state index contributed by atoms with van der Waals surface area (Å²) in [7, 11) is 98.1. The zero-order valence-electron chi connectivity index (χ0n) is 81.5. The highest BCUT2D eigenvalue weighted by Crippen LogP contribution is 2.29. The number of aromatic nitrogens is 2. The van der Waals surface area contributed by atoms with Crippen LogP contribution >= 0.6 is 0 Å². The number of benzene rings is 4. The molecule has 680 valence electrons. The van der Waals surface area contributed by atoms with Gasteiger partial charge in [0.15, 0.2) is 5.78 Å². The van der Waals surface area contributed by atoms with Crippen LogP contribution < -0.4 is 27.6 Å². The van der Waals surface area contributed by atoms with Crippen molar-refractivity contribution in [1.29, 1.82) is 0 Å². The lowest BCUT2D eigenvalue weighted by Gasteiger charge is -2.50. The van der Waals surface area contributed by atoms with Gasteiger partial charge in [-0.2, -0.15) is 0 Å². The van der Waals surface area contributed by atoms with E-state index in [0.717, 1.165) is 22.3 Å². The molecule has 1 fully saturated rings. The lowest BCUT2D eigenvalue weighted by molar-refractivity contribution is -0.153. The Bertz CT molecular complexity index is 4810. The first-order valence-electron chi connectivity index (χ1n) is 45.2. The summed E-state index contributed by atoms with van der Waals surface area (Å²) in [5.74, 6) is -2.67. The molecular weight excluding hydrogens is 1720 g/mol. The molecule has 1 unspecified atom stereocenters. The van der Waals surface area contributed by atoms with E-state index in [4.69, 9.17) is 163 Å². The minimum atomic E-state index is -1.07. The number of ether oxygens (including phenoxy) is 7. The zero-order valence-corrected chi connectivity index (χ0v) is 81.5. The molecule has 5 N–H and O–H groups in total. The number of Topliss-reactive ketones (excluding diaryl/α,β-unsaturated/α-hetero) is 1. The number of nitrogens with one attached hydrogen (secondary N) is 3. The fourth-order valence-corrected chi connectivity index (χ4v) is 15.9. The van der Waals surface area contributed by atoms with E-state index in [2.05, 4.69) is 15.6 Å². The van der Waals surface area contributed by atoms with Crippen LogP contribution in [0.1, 0.15) is 184 Å². The first-order chi connectivity index (χ1) is 63.5. The summed E-state index contributed by atoms with van der Waals surface area (Å²) in [4.78, 5) is 145. The summed E-state index contributed by atoms with van der Waals surface area (Å²) in [6, 6.07) is 36.8. The van der Waals surface area contributed by atoms with E-state index in [9.17, 15) is 52.7 Å². The van der Waals surface area contributed by atoms with Gasteiger partial charge in [0, 0.05) is 304 Å². The molecule has 5 heterocycles. The minimum absolute atomic E-state index is 0. The topological polar surface area (TPSA) is 336 Å². The highest BCUT2D eigenvalue weighted by Gasteiger charge is 2.53. The van der Waals surface area contributed by atoms with Crippen LogP contribution in [0.15, 0.2) is 153 Å². The summed E-state index contributed by atoms with van der Waals surface area (Å²) in [5, 5.41) is 5.85. The second kappa shape index (κ2) is 58.8. The van der Waals surface area contributed by atoms with E-state index in [-0.39, 0.29) is 106 Å². The molecule has 0 spiro atoms. The van der Waals surface area contributed by atoms with E-state index in [1.165, 1.54) is 31.2 Å². The van der Waals surface area contributed by atoms with Crippen molar-refractivity contribution in [2.75, 3.05) is 65.6 Å². The summed E-state index contributed by atoms with van der Waals surface area (Å²) >= 11 is 0. The Morgan fingerprint density at radius 2 is 0.777 bits per heavy atom. The van der Waals surface area contributed by atoms with Gasteiger partial charge in [0.05, 0.1) is 68.2 Å². The maximum absolute atomic E-state index is 13.6. The average Bonchev–Trinajstić information content (AvgIpc) is 0.751. The lowest BCUT2D eigenvalue weighted by atomic mass is 8.31. The summed E-state index contributed by atoms with van der Waals surface area (Å²) in [5.41, 5.74) is 8.48. The van der Waals surface area contributed by atoms with Crippen LogP contribution in [-0.2, 0) is 65.3 Å². The number of H-pyrrole nitrogens is 1. The first-order valence-corrected chi connectivity index (χ1v) is 45.2. The number of hydrogen-bond donors (Lipinski definition) is 4. The molecule has 5 aromatic rings. The summed E-state index contributed by atoms with van der Waals surface area (Å²) < 4.78 is 37.6. The number of hydrogen-bond acceptors (Lipinski definition) is 19. The number of urea groups is 1. The molecule has 4 aliphatic rings. The van der Waals surface area contributed by atoms with Gasteiger partial charge in [-0.3, -0.25) is 14.4 Å². The number of amides is 6. The van der Waals surface area contributed by atoms with Crippen molar-refractivity contribution < 1.29 is 76.3 Å². The Balaban J connectivity index is 0.000000596. The number of piperidine rings is 1. The van der Waals surface area contributed by atoms with E-state index in [0.29, 0.717) is 60.7 Å². The molecule has 0 bridgehead atoms. The zero-order chi connectivity index (χ0) is 102. The monoisotopic (exact) mass is 1840 g/mol. The summed E-state index contributed by atoms with van der Waals surface area (Å²) in [6.45, 7) is 28.9. The smallest absolute Gasteiger partial charge is 0.410 e. The van der Waals surface area contributed by atoms with E-state index >= 15 is 0 Å². The van der Waals surface area contributed by atoms with Gasteiger partial charge >= 0.3 is 54.0 Å². The highest BCUT2D eigenvalue weighted by atomic mass is 16.6. The molecule has 9 rings (SSSR count). The molecule has 0 saturated carbocycles. The van der Waals surface area contributed by atoms with Crippen LogP contribution in [-0.4, -0.2) is 400 Å². The van der Waals surface area contributed by atoms with Crippen LogP contribution in [0.2, 0.25) is 0 Å². The maximum atomic E-state index is 13.6. The highest BCUT2D eigenvalue weighted by molar-refractivity contribution is 8.28. The van der Waals surface area contributed by atoms with Crippen molar-refractivity contribution in [3.05, 3.63) is 198 Å². The van der Waals surface area contributed by atoms with Crippen LogP contribution in [0.5, 0.6) is 0 Å². The normalized spacial score (nSPS) is 13.7. The fraction of sp³-hybridized carbons (Fsp3) is 0.487. The van der Waals surface area contributed by atoms with E-state index < -0.39 is 183 Å². The first kappa shape index (κ1) is 126. The third-order valence-corrected chi connectivity index (χ3v) is 22.0. The molecule has 0 aliphatic carbocycles. The molecule has 1 atom stereocenters. The van der Waals surface area contributed by atoms with Crippen LogP contribution in [0.3, 0.4) is 0 Å². The molecule has 4 aliphatic heterocycles. The Morgan fingerprint density at radius 3 is 1.14 bits per heavy atom. The third-order valence-electron chi connectivity index (χ3n) is 22.0. The number of nitrogens with two attached hydrogens (primary N) is 1. The van der Waals surface area contributed by atoms with Crippen molar-refractivity contribution in [2.45, 2.75) is 185 Å². The minimum Gasteiger partial charge on any atom is -0.465 e. The van der Waals surface area contributed by atoms with E-state index in [1.54, 1.807) is 104 Å². The Morgan fingerprint density at radius 1 is 0.446 bits per heavy atom. The standard InChI is InChI=1S/C27H33N3O5.C25H27N3O4.C13H22N2O4.C13H21NO5.2CH4.B31.B/c1-5-34-24(31)21-18-30(26(33)35-27(2,3)4)17-16-22(21)28-25(32)29-23(19-12-8-6-9-13-19)20-14-10-7-11-15-20;1-25(2,3)32-24(31)27-15-14-20-19(16-27)22(29)28(23(30)26-20)21(17-10-6-4-7-11-17)18-12-8-5-9-13-18;1-5-18-11(16)9-8-15(7-6-10(9)14)12(17)19-13(2,3)4;1-5-18-11(16)9-8-14(7-6-10(9)15)12(17)19-13(2,3)4;;;1-17-25(16)29(24(14)15)31(28(22(10)11)23(12)13)30(26(18(2)3)19(4)5)27(20(6)7)21(8)9;/h6-15,23H,5,16-18H2,1-4H3,(H2,28,29,32);4-13,21H,14-16H2,1-3H3,(H,26,30);5-8,14H2,1-4H3;9H,5-8H2,1-4H3;2*1H4;;. The molecule has 6 amide bonds. The number of aromatic amines is 1. The molecule has 1 aromatic heterocycles. The number of esters is 3. The molecule has 139 heavy (non-hydrogen) atoms. The number of fused-ring (bicyclic) bond motifs is 1. The number of carbonyl (C=O) groups is 9. The van der Waals surface area contributed by atoms with Crippen molar-refractivity contribution in [2.24, 2.45) is 11.7 Å². The maximum Gasteiger partial charge on any atom is 0.410 e. The molecule has 27 nitrogen and oxygen atoms in total. The average molecular weight is 1830 g/mol. The largest absolute Gasteiger partial charge is 0.465 e. The number of carbonyl (C=O) groups excluding carboxylic acids is 9. The van der Waals surface area contributed by atoms with Gasteiger partial charge in [0.2, 0.25) is 0 Å². The van der Waals surface area contributed by atoms with E-state index in [1.807, 2.05) is 121 Å². The fourth-order valence-electron chi connectivity index (χ4n) is 15.9. The molecule has 1 saturated heterocycles. The van der Waals surface area contributed by atoms with Crippen LogP contribution in [0, 0.1) is 5.92 Å². The van der Waals surface area contributed by atoms with Crippen molar-refractivity contribution >= 4 is 283 Å². The van der Waals surface area contributed by atoms with Gasteiger partial charge in [-0.1, -0.05) is 136 Å². The SMILES string of the molecule is C.C.CC(C)(C)OC(=O)N1CCc2[nH]c(=O)n(C(c3ccccc3)c3ccccc3)c(=O)c2C1.CCOC(=O)C1=C(N)CCN(C(=O)OC(C)(C)C)C1.CCOC(=O)C1=C(NC(=O)NC(c2ccccc2)c2ccccc2)CCN(C(=O)OC(C)(C)C)C1.CCOC(=O)C1CN(C(=O)OC(C)(C)C)CCC1=O.[B].[B][B]B([B])B(B([B])[B])B(B(B([B])[B])B([B])[B])B(B(B([B])[B])B([B])[B])B(B([B])[B])B([B])[B]. The Hall–Kier alpha value is -8.65. The molecule has 59 heteroatoms. The third kappa shape index (κ3) is 39.5. The van der Waals surface area contributed by atoms with Crippen molar-refractivity contribution in [3.8, 4) is 0 Å². The van der Waals surface area contributed by atoms with Gasteiger partial charge < -0.3 is 74.1 Å². The van der Waals surface area contributed by atoms with Crippen molar-refractivity contribution in [3.63, 3.8) is 0 Å². The quantitative estimate of drug-likeness (QED) is 0.0230. The Kier molecular flexibility index (Phi) is 53.5. The number of rotatable bonds is 27. The number of likely N-dealkylation sites (tertiary alicyclic amines) is 1. The molecular formula is C80H111B32N9O18. The van der Waals surface area contributed by atoms with Gasteiger partial charge in [0.25, 0.3) is 5.56 Å². The van der Waals surface area contributed by atoms with Gasteiger partial charge in [-0.25, -0.2) is 42.9 Å².